The van der Waals surface area contributed by atoms with Gasteiger partial charge in [0.25, 0.3) is 0 Å². The van der Waals surface area contributed by atoms with Crippen LogP contribution in [0.4, 0.5) is 5.13 Å². The van der Waals surface area contributed by atoms with E-state index in [0.29, 0.717) is 12.0 Å². The third-order valence-electron chi connectivity index (χ3n) is 3.69. The van der Waals surface area contributed by atoms with Crippen LogP contribution in [0.15, 0.2) is 0 Å². The van der Waals surface area contributed by atoms with Crippen molar-refractivity contribution in [1.82, 2.24) is 9.36 Å². The lowest BCUT2D eigenvalue weighted by molar-refractivity contribution is 0.283. The number of hydrogen-bond donors (Lipinski definition) is 1. The largest absolute Gasteiger partial charge is 0.396 e. The first kappa shape index (κ1) is 11.4. The van der Waals surface area contributed by atoms with Gasteiger partial charge in [0.05, 0.1) is 0 Å². The molecule has 1 aromatic heterocycles. The second-order valence-corrected chi connectivity index (χ2v) is 5.80. The van der Waals surface area contributed by atoms with E-state index in [2.05, 4.69) is 14.3 Å². The van der Waals surface area contributed by atoms with Crippen molar-refractivity contribution in [3.63, 3.8) is 0 Å². The summed E-state index contributed by atoms with van der Waals surface area (Å²) in [7, 11) is 0. The Labute approximate surface area is 106 Å². The van der Waals surface area contributed by atoms with E-state index in [1.807, 2.05) is 0 Å². The fourth-order valence-electron chi connectivity index (χ4n) is 2.22. The lowest BCUT2D eigenvalue weighted by Gasteiger charge is -2.37. The molecule has 0 saturated heterocycles. The number of aliphatic hydroxyl groups excluding tert-OH is 1. The first-order valence-electron chi connectivity index (χ1n) is 6.59. The van der Waals surface area contributed by atoms with E-state index in [9.17, 15) is 0 Å². The van der Waals surface area contributed by atoms with Crippen molar-refractivity contribution < 1.29 is 5.11 Å². The molecule has 0 bridgehead atoms. The highest BCUT2D eigenvalue weighted by Gasteiger charge is 2.31. The SMILES string of the molecule is OCCCN(c1nc(C2CC2)ns1)C1CCC1. The zero-order valence-corrected chi connectivity index (χ0v) is 10.8. The van der Waals surface area contributed by atoms with Gasteiger partial charge in [-0.3, -0.25) is 0 Å². The highest BCUT2D eigenvalue weighted by atomic mass is 32.1. The van der Waals surface area contributed by atoms with Crippen molar-refractivity contribution in [2.75, 3.05) is 18.1 Å². The molecular formula is C12H19N3OS. The minimum absolute atomic E-state index is 0.261. The molecule has 1 N–H and O–H groups in total. The van der Waals surface area contributed by atoms with Gasteiger partial charge in [-0.1, -0.05) is 0 Å². The van der Waals surface area contributed by atoms with Gasteiger partial charge < -0.3 is 10.0 Å². The molecule has 0 unspecified atom stereocenters. The Balaban J connectivity index is 1.70. The molecule has 94 valence electrons. The van der Waals surface area contributed by atoms with Crippen LogP contribution in [-0.2, 0) is 0 Å². The molecule has 17 heavy (non-hydrogen) atoms. The first-order valence-corrected chi connectivity index (χ1v) is 7.37. The number of aromatic nitrogens is 2. The number of rotatable bonds is 6. The fraction of sp³-hybridized carbons (Fsp3) is 0.833. The third kappa shape index (κ3) is 2.45. The monoisotopic (exact) mass is 253 g/mol. The molecule has 0 spiro atoms. The third-order valence-corrected chi connectivity index (χ3v) is 4.46. The van der Waals surface area contributed by atoms with E-state index in [4.69, 9.17) is 5.11 Å². The summed E-state index contributed by atoms with van der Waals surface area (Å²) in [5.74, 6) is 1.69. The molecular weight excluding hydrogens is 234 g/mol. The summed E-state index contributed by atoms with van der Waals surface area (Å²) in [6.07, 6.45) is 7.21. The molecule has 0 atom stereocenters. The van der Waals surface area contributed by atoms with E-state index < -0.39 is 0 Å². The molecule has 0 amide bonds. The van der Waals surface area contributed by atoms with E-state index in [1.54, 1.807) is 0 Å². The Morgan fingerprint density at radius 1 is 1.29 bits per heavy atom. The zero-order chi connectivity index (χ0) is 11.7. The smallest absolute Gasteiger partial charge is 0.205 e. The van der Waals surface area contributed by atoms with Crippen LogP contribution < -0.4 is 4.90 Å². The van der Waals surface area contributed by atoms with Crippen molar-refractivity contribution in [2.24, 2.45) is 0 Å². The van der Waals surface area contributed by atoms with Gasteiger partial charge in [0.1, 0.15) is 5.82 Å². The summed E-state index contributed by atoms with van der Waals surface area (Å²) in [5.41, 5.74) is 0. The zero-order valence-electron chi connectivity index (χ0n) is 10.0. The summed E-state index contributed by atoms with van der Waals surface area (Å²) in [6.45, 7) is 1.18. The van der Waals surface area contributed by atoms with Gasteiger partial charge >= 0.3 is 0 Å². The second-order valence-electron chi connectivity index (χ2n) is 5.06. The molecule has 2 saturated carbocycles. The van der Waals surface area contributed by atoms with E-state index >= 15 is 0 Å². The average Bonchev–Trinajstić information content (AvgIpc) is 3.01. The summed E-state index contributed by atoms with van der Waals surface area (Å²) < 4.78 is 4.47. The Bertz CT molecular complexity index is 374. The van der Waals surface area contributed by atoms with E-state index in [1.165, 1.54) is 43.6 Å². The molecule has 0 aliphatic heterocycles. The van der Waals surface area contributed by atoms with Crippen LogP contribution in [0.2, 0.25) is 0 Å². The molecule has 2 fully saturated rings. The highest BCUT2D eigenvalue weighted by Crippen LogP contribution is 2.40. The molecule has 0 aromatic carbocycles. The number of anilines is 1. The maximum absolute atomic E-state index is 8.98. The summed E-state index contributed by atoms with van der Waals surface area (Å²) >= 11 is 1.54. The molecule has 2 aliphatic rings. The highest BCUT2D eigenvalue weighted by molar-refractivity contribution is 7.09. The van der Waals surface area contributed by atoms with Crippen molar-refractivity contribution in [3.05, 3.63) is 5.82 Å². The van der Waals surface area contributed by atoms with Gasteiger partial charge in [0.2, 0.25) is 5.13 Å². The van der Waals surface area contributed by atoms with Gasteiger partial charge in [0, 0.05) is 36.6 Å². The van der Waals surface area contributed by atoms with E-state index in [-0.39, 0.29) is 6.61 Å². The minimum Gasteiger partial charge on any atom is -0.396 e. The summed E-state index contributed by atoms with van der Waals surface area (Å²) in [5, 5.41) is 10.1. The fourth-order valence-corrected chi connectivity index (χ4v) is 3.07. The van der Waals surface area contributed by atoms with Gasteiger partial charge in [-0.15, -0.1) is 0 Å². The molecule has 4 nitrogen and oxygen atoms in total. The standard InChI is InChI=1S/C12H19N3OS/c16-8-2-7-15(10-3-1-4-10)12-13-11(14-17-12)9-5-6-9/h9-10,16H,1-8H2. The van der Waals surface area contributed by atoms with Crippen LogP contribution in [0, 0.1) is 0 Å². The average molecular weight is 253 g/mol. The number of nitrogens with zero attached hydrogens (tertiary/aromatic N) is 3. The predicted molar refractivity (Wildman–Crippen MR) is 68.6 cm³/mol. The Kier molecular flexibility index (Phi) is 3.29. The normalized spacial score (nSPS) is 20.3. The molecule has 1 aromatic rings. The van der Waals surface area contributed by atoms with Gasteiger partial charge in [-0.25, -0.2) is 4.98 Å². The Morgan fingerprint density at radius 2 is 2.12 bits per heavy atom. The molecule has 5 heteroatoms. The molecule has 2 aliphatic carbocycles. The van der Waals surface area contributed by atoms with Crippen molar-refractivity contribution >= 4 is 16.7 Å². The van der Waals surface area contributed by atoms with E-state index in [0.717, 1.165) is 23.9 Å². The van der Waals surface area contributed by atoms with Crippen LogP contribution >= 0.6 is 11.5 Å². The predicted octanol–water partition coefficient (Wildman–Crippen LogP) is 2.16. The van der Waals surface area contributed by atoms with Gasteiger partial charge in [-0.05, 0) is 38.5 Å². The Hall–Kier alpha value is -0.680. The Morgan fingerprint density at radius 3 is 2.71 bits per heavy atom. The molecule has 3 rings (SSSR count). The minimum atomic E-state index is 0.261. The number of aliphatic hydroxyl groups is 1. The quantitative estimate of drug-likeness (QED) is 0.844. The lowest BCUT2D eigenvalue weighted by atomic mass is 9.92. The van der Waals surface area contributed by atoms with Crippen LogP contribution in [0.1, 0.15) is 50.3 Å². The second kappa shape index (κ2) is 4.90. The summed E-state index contributed by atoms with van der Waals surface area (Å²) in [4.78, 5) is 7.04. The van der Waals surface area contributed by atoms with Gasteiger partial charge in [0.15, 0.2) is 0 Å². The maximum Gasteiger partial charge on any atom is 0.205 e. The van der Waals surface area contributed by atoms with Crippen molar-refractivity contribution in [1.29, 1.82) is 0 Å². The van der Waals surface area contributed by atoms with Gasteiger partial charge in [-0.2, -0.15) is 4.37 Å². The molecule has 1 heterocycles. The van der Waals surface area contributed by atoms with Crippen molar-refractivity contribution in [2.45, 2.75) is 50.5 Å². The molecule has 0 radical (unpaired) electrons. The first-order chi connectivity index (χ1) is 8.38. The lowest BCUT2D eigenvalue weighted by Crippen LogP contribution is -2.41. The topological polar surface area (TPSA) is 49.2 Å². The number of hydrogen-bond acceptors (Lipinski definition) is 5. The van der Waals surface area contributed by atoms with Crippen LogP contribution in [0.25, 0.3) is 0 Å². The summed E-state index contributed by atoms with van der Waals surface area (Å²) in [6, 6.07) is 0.640. The van der Waals surface area contributed by atoms with Crippen LogP contribution in [-0.4, -0.2) is 33.7 Å². The van der Waals surface area contributed by atoms with Crippen molar-refractivity contribution in [3.8, 4) is 0 Å². The van der Waals surface area contributed by atoms with Crippen LogP contribution in [0.5, 0.6) is 0 Å². The maximum atomic E-state index is 8.98. The van der Waals surface area contributed by atoms with Crippen LogP contribution in [0.3, 0.4) is 0 Å².